The largest absolute Gasteiger partial charge is 0.410 e. The van der Waals surface area contributed by atoms with E-state index < -0.39 is 4.92 Å². The average Bonchev–Trinajstić information content (AvgIpc) is 3.03. The maximum Gasteiger partial charge on any atom is 0.292 e. The van der Waals surface area contributed by atoms with Gasteiger partial charge in [-0.1, -0.05) is 28.9 Å². The topological polar surface area (TPSA) is 92.7 Å². The molecule has 0 aliphatic rings. The number of aromatic nitrogens is 1. The van der Waals surface area contributed by atoms with E-state index in [-0.39, 0.29) is 5.69 Å². The predicted molar refractivity (Wildman–Crippen MR) is 101 cm³/mol. The van der Waals surface area contributed by atoms with Gasteiger partial charge in [-0.05, 0) is 36.4 Å². The summed E-state index contributed by atoms with van der Waals surface area (Å²) in [5, 5.41) is 27.3. The van der Waals surface area contributed by atoms with Crippen LogP contribution in [0.25, 0.3) is 0 Å². The zero-order valence-corrected chi connectivity index (χ0v) is 14.5. The van der Waals surface area contributed by atoms with Crippen molar-refractivity contribution < 1.29 is 10.1 Å². The standard InChI is InChI=1S/C18H15ClN4O3/c1-22-10-4-7-17(22)18(21-24)13-9-8-12(11-14(13)19)20-15-5-2-3-6-16(15)23(25)26/h2-11,20,24H,1H3. The molecule has 0 fully saturated rings. The molecule has 7 nitrogen and oxygen atoms in total. The van der Waals surface area contributed by atoms with Crippen molar-refractivity contribution in [3.05, 3.63) is 87.2 Å². The van der Waals surface area contributed by atoms with E-state index in [0.29, 0.717) is 33.4 Å². The van der Waals surface area contributed by atoms with Crippen LogP contribution in [0, 0.1) is 10.1 Å². The number of benzene rings is 2. The van der Waals surface area contributed by atoms with Gasteiger partial charge in [-0.15, -0.1) is 0 Å². The average molecular weight is 371 g/mol. The Morgan fingerprint density at radius 2 is 2.00 bits per heavy atom. The van der Waals surface area contributed by atoms with Crippen molar-refractivity contribution in [1.82, 2.24) is 4.57 Å². The highest BCUT2D eigenvalue weighted by molar-refractivity contribution is 6.35. The lowest BCUT2D eigenvalue weighted by Gasteiger charge is -2.11. The Bertz CT molecular complexity index is 998. The van der Waals surface area contributed by atoms with Gasteiger partial charge in [0.05, 0.1) is 15.6 Å². The molecule has 0 aliphatic heterocycles. The van der Waals surface area contributed by atoms with Crippen LogP contribution in [0.1, 0.15) is 11.3 Å². The molecular weight excluding hydrogens is 356 g/mol. The molecule has 0 radical (unpaired) electrons. The molecule has 0 amide bonds. The number of nitro groups is 1. The minimum atomic E-state index is -0.454. The van der Waals surface area contributed by atoms with Crippen LogP contribution < -0.4 is 5.32 Å². The van der Waals surface area contributed by atoms with E-state index in [1.54, 1.807) is 36.4 Å². The molecule has 3 rings (SSSR count). The smallest absolute Gasteiger partial charge is 0.292 e. The lowest BCUT2D eigenvalue weighted by Crippen LogP contribution is -2.09. The van der Waals surface area contributed by atoms with Crippen LogP contribution in [-0.2, 0) is 7.05 Å². The normalized spacial score (nSPS) is 11.4. The summed E-state index contributed by atoms with van der Waals surface area (Å²) < 4.78 is 1.81. The number of oxime groups is 1. The summed E-state index contributed by atoms with van der Waals surface area (Å²) in [5.41, 5.74) is 2.49. The Morgan fingerprint density at radius 1 is 1.23 bits per heavy atom. The van der Waals surface area contributed by atoms with Gasteiger partial charge in [0.1, 0.15) is 11.4 Å². The number of nitrogens with zero attached hydrogens (tertiary/aromatic N) is 3. The molecular formula is C18H15ClN4O3. The Morgan fingerprint density at radius 3 is 2.62 bits per heavy atom. The maximum absolute atomic E-state index is 11.1. The molecule has 3 aromatic rings. The summed E-state index contributed by atoms with van der Waals surface area (Å²) in [6.07, 6.45) is 1.83. The molecule has 0 saturated carbocycles. The molecule has 2 N–H and O–H groups in total. The minimum absolute atomic E-state index is 0.0332. The molecule has 1 heterocycles. The molecule has 1 aromatic heterocycles. The third kappa shape index (κ3) is 3.38. The third-order valence-electron chi connectivity index (χ3n) is 3.89. The molecule has 0 saturated heterocycles. The highest BCUT2D eigenvalue weighted by Crippen LogP contribution is 2.30. The number of anilines is 2. The van der Waals surface area contributed by atoms with E-state index >= 15 is 0 Å². The van der Waals surface area contributed by atoms with Crippen LogP contribution in [-0.4, -0.2) is 20.4 Å². The van der Waals surface area contributed by atoms with Gasteiger partial charge in [-0.2, -0.15) is 0 Å². The summed E-state index contributed by atoms with van der Waals surface area (Å²) in [5.74, 6) is 0. The van der Waals surface area contributed by atoms with Crippen molar-refractivity contribution in [2.45, 2.75) is 0 Å². The summed E-state index contributed by atoms with van der Waals surface area (Å²) in [7, 11) is 1.83. The number of para-hydroxylation sites is 2. The fourth-order valence-corrected chi connectivity index (χ4v) is 2.90. The molecule has 0 unspecified atom stereocenters. The van der Waals surface area contributed by atoms with Crippen LogP contribution in [0.4, 0.5) is 17.1 Å². The first-order valence-corrected chi connectivity index (χ1v) is 8.03. The van der Waals surface area contributed by atoms with Crippen LogP contribution in [0.3, 0.4) is 0 Å². The highest BCUT2D eigenvalue weighted by Gasteiger charge is 2.16. The van der Waals surface area contributed by atoms with Crippen molar-refractivity contribution in [2.75, 3.05) is 5.32 Å². The monoisotopic (exact) mass is 370 g/mol. The van der Waals surface area contributed by atoms with Crippen LogP contribution in [0.15, 0.2) is 65.9 Å². The van der Waals surface area contributed by atoms with Gasteiger partial charge in [0.2, 0.25) is 0 Å². The first kappa shape index (κ1) is 17.5. The summed E-state index contributed by atoms with van der Waals surface area (Å²) in [6, 6.07) is 15.0. The Labute approximate surface area is 154 Å². The second-order valence-corrected chi connectivity index (χ2v) is 5.95. The summed E-state index contributed by atoms with van der Waals surface area (Å²) in [6.45, 7) is 0. The third-order valence-corrected chi connectivity index (χ3v) is 4.20. The Hall–Kier alpha value is -3.32. The number of halogens is 1. The number of nitrogens with one attached hydrogen (secondary N) is 1. The lowest BCUT2D eigenvalue weighted by molar-refractivity contribution is -0.383. The summed E-state index contributed by atoms with van der Waals surface area (Å²) >= 11 is 6.37. The second kappa shape index (κ2) is 7.28. The Kier molecular flexibility index (Phi) is 4.90. The van der Waals surface area contributed by atoms with E-state index in [0.717, 1.165) is 0 Å². The SMILES string of the molecule is Cn1cccc1C(=NO)c1ccc(Nc2ccccc2[N+](=O)[O-])cc1Cl. The molecule has 0 spiro atoms. The second-order valence-electron chi connectivity index (χ2n) is 5.55. The fraction of sp³-hybridized carbons (Fsp3) is 0.0556. The molecule has 2 aromatic carbocycles. The molecule has 26 heavy (non-hydrogen) atoms. The van der Waals surface area contributed by atoms with Crippen LogP contribution in [0.2, 0.25) is 5.02 Å². The first-order chi connectivity index (χ1) is 12.5. The van der Waals surface area contributed by atoms with E-state index in [4.69, 9.17) is 11.6 Å². The van der Waals surface area contributed by atoms with E-state index in [1.807, 2.05) is 29.9 Å². The molecule has 0 aliphatic carbocycles. The zero-order valence-electron chi connectivity index (χ0n) is 13.8. The number of hydrogen-bond acceptors (Lipinski definition) is 5. The van der Waals surface area contributed by atoms with E-state index in [2.05, 4.69) is 10.5 Å². The highest BCUT2D eigenvalue weighted by atomic mass is 35.5. The predicted octanol–water partition coefficient (Wildman–Crippen LogP) is 4.56. The van der Waals surface area contributed by atoms with Gasteiger partial charge >= 0.3 is 0 Å². The van der Waals surface area contributed by atoms with Gasteiger partial charge in [0, 0.05) is 30.6 Å². The van der Waals surface area contributed by atoms with Crippen molar-refractivity contribution in [3.63, 3.8) is 0 Å². The fourth-order valence-electron chi connectivity index (χ4n) is 2.63. The zero-order chi connectivity index (χ0) is 18.7. The molecule has 8 heteroatoms. The van der Waals surface area contributed by atoms with Crippen LogP contribution in [0.5, 0.6) is 0 Å². The van der Waals surface area contributed by atoms with Crippen LogP contribution >= 0.6 is 11.6 Å². The summed E-state index contributed by atoms with van der Waals surface area (Å²) in [4.78, 5) is 10.7. The lowest BCUT2D eigenvalue weighted by atomic mass is 10.1. The van der Waals surface area contributed by atoms with Crippen molar-refractivity contribution in [2.24, 2.45) is 12.2 Å². The number of aryl methyl sites for hydroxylation is 1. The van der Waals surface area contributed by atoms with E-state index in [1.165, 1.54) is 6.07 Å². The van der Waals surface area contributed by atoms with Gasteiger partial charge in [0.25, 0.3) is 5.69 Å². The maximum atomic E-state index is 11.1. The van der Waals surface area contributed by atoms with E-state index in [9.17, 15) is 15.3 Å². The quantitative estimate of drug-likeness (QED) is 0.298. The minimum Gasteiger partial charge on any atom is -0.410 e. The number of hydrogen-bond donors (Lipinski definition) is 2. The Balaban J connectivity index is 1.94. The number of rotatable bonds is 5. The molecule has 0 bridgehead atoms. The van der Waals surface area contributed by atoms with Gasteiger partial charge < -0.3 is 15.1 Å². The van der Waals surface area contributed by atoms with Crippen molar-refractivity contribution in [1.29, 1.82) is 0 Å². The van der Waals surface area contributed by atoms with Gasteiger partial charge in [0.15, 0.2) is 0 Å². The van der Waals surface area contributed by atoms with Crippen molar-refractivity contribution >= 4 is 34.4 Å². The first-order valence-electron chi connectivity index (χ1n) is 7.65. The number of nitro benzene ring substituents is 1. The van der Waals surface area contributed by atoms with Gasteiger partial charge in [-0.25, -0.2) is 0 Å². The van der Waals surface area contributed by atoms with Crippen molar-refractivity contribution in [3.8, 4) is 0 Å². The molecule has 0 atom stereocenters. The molecule has 132 valence electrons. The van der Waals surface area contributed by atoms with Gasteiger partial charge in [-0.3, -0.25) is 10.1 Å².